The van der Waals surface area contributed by atoms with Crippen molar-refractivity contribution in [2.75, 3.05) is 6.26 Å². The Morgan fingerprint density at radius 3 is 2.69 bits per heavy atom. The summed E-state index contributed by atoms with van der Waals surface area (Å²) in [5, 5.41) is 10.2. The molecule has 3 aromatic rings. The van der Waals surface area contributed by atoms with Gasteiger partial charge in [0.15, 0.2) is 0 Å². The Hall–Kier alpha value is -3.44. The Balaban J connectivity index is 1.90. The zero-order valence-electron chi connectivity index (χ0n) is 13.6. The standard InChI is InChI=1S/C18H13N3O4S/c1-26(23,24)21-18(22)13-6-7-17(14(8-13)10-19)25-15-9-12-4-2-3-5-16(12)20-11-15/h2-9,11H,1H3,(H,21,22). The first kappa shape index (κ1) is 17.4. The number of carbonyl (C=O) groups is 1. The van der Waals surface area contributed by atoms with Gasteiger partial charge < -0.3 is 4.74 Å². The Bertz CT molecular complexity index is 1150. The molecule has 0 spiro atoms. The van der Waals surface area contributed by atoms with Crippen molar-refractivity contribution in [3.05, 3.63) is 65.9 Å². The van der Waals surface area contributed by atoms with Crippen LogP contribution in [0.15, 0.2) is 54.7 Å². The monoisotopic (exact) mass is 367 g/mol. The number of nitrogens with zero attached hydrogens (tertiary/aromatic N) is 2. The van der Waals surface area contributed by atoms with E-state index >= 15 is 0 Å². The molecule has 1 heterocycles. The number of nitrogens with one attached hydrogen (secondary N) is 1. The average Bonchev–Trinajstić information content (AvgIpc) is 2.60. The van der Waals surface area contributed by atoms with E-state index in [9.17, 15) is 18.5 Å². The molecule has 1 N–H and O–H groups in total. The maximum atomic E-state index is 11.9. The number of carbonyl (C=O) groups excluding carboxylic acids is 1. The number of pyridine rings is 1. The molecule has 130 valence electrons. The van der Waals surface area contributed by atoms with Crippen LogP contribution in [0.5, 0.6) is 11.5 Å². The Morgan fingerprint density at radius 2 is 1.96 bits per heavy atom. The maximum Gasteiger partial charge on any atom is 0.264 e. The van der Waals surface area contributed by atoms with Gasteiger partial charge in [0.2, 0.25) is 10.0 Å². The molecule has 0 fully saturated rings. The van der Waals surface area contributed by atoms with Crippen LogP contribution in [-0.2, 0) is 10.0 Å². The summed E-state index contributed by atoms with van der Waals surface area (Å²) in [6.07, 6.45) is 2.41. The number of benzene rings is 2. The van der Waals surface area contributed by atoms with Crippen LogP contribution in [0.4, 0.5) is 0 Å². The lowest BCUT2D eigenvalue weighted by Gasteiger charge is -2.09. The molecule has 0 saturated carbocycles. The summed E-state index contributed by atoms with van der Waals surface area (Å²) in [4.78, 5) is 16.2. The summed E-state index contributed by atoms with van der Waals surface area (Å²) in [6, 6.07) is 15.3. The first-order valence-corrected chi connectivity index (χ1v) is 9.34. The van der Waals surface area contributed by atoms with Crippen LogP contribution in [0.3, 0.4) is 0 Å². The number of amides is 1. The Kier molecular flexibility index (Phi) is 4.56. The fourth-order valence-electron chi connectivity index (χ4n) is 2.31. The van der Waals surface area contributed by atoms with Crippen molar-refractivity contribution >= 4 is 26.8 Å². The minimum atomic E-state index is -3.69. The van der Waals surface area contributed by atoms with Crippen LogP contribution in [0.25, 0.3) is 10.9 Å². The SMILES string of the molecule is CS(=O)(=O)NC(=O)c1ccc(Oc2cnc3ccccc3c2)c(C#N)c1. The van der Waals surface area contributed by atoms with Crippen LogP contribution in [0.1, 0.15) is 15.9 Å². The van der Waals surface area contributed by atoms with Gasteiger partial charge >= 0.3 is 0 Å². The van der Waals surface area contributed by atoms with Crippen LogP contribution in [0.2, 0.25) is 0 Å². The molecule has 1 aromatic heterocycles. The molecule has 2 aromatic carbocycles. The van der Waals surface area contributed by atoms with Crippen molar-refractivity contribution < 1.29 is 17.9 Å². The zero-order valence-corrected chi connectivity index (χ0v) is 14.4. The smallest absolute Gasteiger partial charge is 0.264 e. The van der Waals surface area contributed by atoms with Gasteiger partial charge in [0, 0.05) is 10.9 Å². The van der Waals surface area contributed by atoms with Crippen molar-refractivity contribution in [2.24, 2.45) is 0 Å². The summed E-state index contributed by atoms with van der Waals surface area (Å²) in [7, 11) is -3.69. The minimum Gasteiger partial charge on any atom is -0.454 e. The molecule has 26 heavy (non-hydrogen) atoms. The third-order valence-corrected chi connectivity index (χ3v) is 3.99. The highest BCUT2D eigenvalue weighted by atomic mass is 32.2. The summed E-state index contributed by atoms with van der Waals surface area (Å²) >= 11 is 0. The molecule has 0 aliphatic rings. The lowest BCUT2D eigenvalue weighted by molar-refractivity contribution is 0.0981. The Morgan fingerprint density at radius 1 is 1.19 bits per heavy atom. The van der Waals surface area contributed by atoms with Gasteiger partial charge in [0.25, 0.3) is 5.91 Å². The first-order valence-electron chi connectivity index (χ1n) is 7.44. The van der Waals surface area contributed by atoms with Crippen LogP contribution < -0.4 is 9.46 Å². The van der Waals surface area contributed by atoms with Gasteiger partial charge in [-0.05, 0) is 30.3 Å². The predicted molar refractivity (Wildman–Crippen MR) is 95.3 cm³/mol. The van der Waals surface area contributed by atoms with Crippen molar-refractivity contribution in [3.63, 3.8) is 0 Å². The van der Waals surface area contributed by atoms with Crippen LogP contribution in [0, 0.1) is 11.3 Å². The molecule has 1 amide bonds. The lowest BCUT2D eigenvalue weighted by atomic mass is 10.1. The summed E-state index contributed by atoms with van der Waals surface area (Å²) in [6.45, 7) is 0. The van der Waals surface area contributed by atoms with Crippen molar-refractivity contribution in [1.82, 2.24) is 9.71 Å². The van der Waals surface area contributed by atoms with Crippen molar-refractivity contribution in [2.45, 2.75) is 0 Å². The van der Waals surface area contributed by atoms with Gasteiger partial charge in [-0.25, -0.2) is 13.1 Å². The average molecular weight is 367 g/mol. The molecule has 0 aliphatic carbocycles. The third kappa shape index (κ3) is 3.96. The number of para-hydroxylation sites is 1. The Labute approximate surface area is 149 Å². The summed E-state index contributed by atoms with van der Waals surface area (Å²) in [5.41, 5.74) is 0.948. The van der Waals surface area contributed by atoms with Crippen LogP contribution >= 0.6 is 0 Å². The third-order valence-electron chi connectivity index (χ3n) is 3.43. The van der Waals surface area contributed by atoms with E-state index in [1.807, 2.05) is 35.1 Å². The molecule has 0 unspecified atom stereocenters. The van der Waals surface area contributed by atoms with E-state index in [1.165, 1.54) is 24.4 Å². The molecule has 0 aliphatic heterocycles. The van der Waals surface area contributed by atoms with Crippen LogP contribution in [-0.4, -0.2) is 25.6 Å². The number of nitriles is 1. The van der Waals surface area contributed by atoms with Crippen molar-refractivity contribution in [3.8, 4) is 17.6 Å². The number of rotatable bonds is 4. The number of ether oxygens (including phenoxy) is 1. The van der Waals surface area contributed by atoms with E-state index in [1.54, 1.807) is 6.07 Å². The van der Waals surface area contributed by atoms with Gasteiger partial charge in [0.1, 0.15) is 17.6 Å². The molecule has 0 radical (unpaired) electrons. The highest BCUT2D eigenvalue weighted by Gasteiger charge is 2.14. The second-order valence-electron chi connectivity index (χ2n) is 5.49. The highest BCUT2D eigenvalue weighted by Crippen LogP contribution is 2.27. The van der Waals surface area contributed by atoms with E-state index in [2.05, 4.69) is 4.98 Å². The molecular weight excluding hydrogens is 354 g/mol. The molecule has 0 saturated heterocycles. The minimum absolute atomic E-state index is 0.0379. The maximum absolute atomic E-state index is 11.9. The van der Waals surface area contributed by atoms with Gasteiger partial charge in [-0.1, -0.05) is 18.2 Å². The second kappa shape index (κ2) is 6.82. The predicted octanol–water partition coefficient (Wildman–Crippen LogP) is 2.59. The topological polar surface area (TPSA) is 109 Å². The van der Waals surface area contributed by atoms with Crippen molar-refractivity contribution in [1.29, 1.82) is 5.26 Å². The number of fused-ring (bicyclic) bond motifs is 1. The number of hydrogen-bond acceptors (Lipinski definition) is 6. The second-order valence-corrected chi connectivity index (χ2v) is 7.24. The molecule has 3 rings (SSSR count). The van der Waals surface area contributed by atoms with Gasteiger partial charge in [-0.3, -0.25) is 9.78 Å². The largest absolute Gasteiger partial charge is 0.454 e. The zero-order chi connectivity index (χ0) is 18.7. The summed E-state index contributed by atoms with van der Waals surface area (Å²) < 4.78 is 29.9. The molecule has 8 heteroatoms. The molecular formula is C18H13N3O4S. The van der Waals surface area contributed by atoms with E-state index in [0.717, 1.165) is 17.2 Å². The fraction of sp³-hybridized carbons (Fsp3) is 0.0556. The first-order chi connectivity index (χ1) is 12.4. The fourth-order valence-corrected chi connectivity index (χ4v) is 2.76. The number of sulfonamides is 1. The van der Waals surface area contributed by atoms with Gasteiger partial charge in [0.05, 0.1) is 23.5 Å². The number of hydrogen-bond donors (Lipinski definition) is 1. The quantitative estimate of drug-likeness (QED) is 0.759. The van der Waals surface area contributed by atoms with Gasteiger partial charge in [-0.2, -0.15) is 5.26 Å². The van der Waals surface area contributed by atoms with Gasteiger partial charge in [-0.15, -0.1) is 0 Å². The molecule has 0 atom stereocenters. The molecule has 0 bridgehead atoms. The lowest BCUT2D eigenvalue weighted by Crippen LogP contribution is -2.29. The summed E-state index contributed by atoms with van der Waals surface area (Å²) in [5.74, 6) is -0.142. The van der Waals surface area contributed by atoms with E-state index in [0.29, 0.717) is 5.75 Å². The van der Waals surface area contributed by atoms with E-state index in [-0.39, 0.29) is 16.9 Å². The molecule has 7 nitrogen and oxygen atoms in total. The highest BCUT2D eigenvalue weighted by molar-refractivity contribution is 7.89. The normalized spacial score (nSPS) is 10.9. The number of aromatic nitrogens is 1. The van der Waals surface area contributed by atoms with E-state index < -0.39 is 15.9 Å². The van der Waals surface area contributed by atoms with E-state index in [4.69, 9.17) is 4.74 Å².